The Balaban J connectivity index is 3.31. The van der Waals surface area contributed by atoms with E-state index in [4.69, 9.17) is 0 Å². The van der Waals surface area contributed by atoms with E-state index in [2.05, 4.69) is 13.8 Å². The van der Waals surface area contributed by atoms with Gasteiger partial charge in [-0.25, -0.2) is 0 Å². The van der Waals surface area contributed by atoms with Crippen molar-refractivity contribution in [1.29, 1.82) is 0 Å². The van der Waals surface area contributed by atoms with E-state index in [0.717, 1.165) is 17.5 Å². The lowest BCUT2D eigenvalue weighted by Gasteiger charge is -2.15. The van der Waals surface area contributed by atoms with E-state index in [0.29, 0.717) is 11.8 Å². The second-order valence-corrected chi connectivity index (χ2v) is 3.66. The van der Waals surface area contributed by atoms with Crippen molar-refractivity contribution in [3.63, 3.8) is 0 Å². The molecule has 14 heavy (non-hydrogen) atoms. The smallest absolute Gasteiger partial charge is 0.153 e. The third-order valence-corrected chi connectivity index (χ3v) is 2.70. The highest BCUT2D eigenvalue weighted by atomic mass is 16.3. The predicted octanol–water partition coefficient (Wildman–Crippen LogP) is 3.03. The van der Waals surface area contributed by atoms with E-state index in [-0.39, 0.29) is 11.7 Å². The number of hydrogen-bond donors (Lipinski definition) is 1. The number of benzene rings is 1. The van der Waals surface area contributed by atoms with Gasteiger partial charge in [0.05, 0.1) is 5.56 Å². The van der Waals surface area contributed by atoms with Crippen LogP contribution in [0.1, 0.15) is 47.7 Å². The van der Waals surface area contributed by atoms with Crippen LogP contribution in [0.5, 0.6) is 5.75 Å². The lowest BCUT2D eigenvalue weighted by molar-refractivity contribution is 0.112. The van der Waals surface area contributed by atoms with Gasteiger partial charge in [-0.2, -0.15) is 0 Å². The standard InChI is InChI=1S/C12H16O2/c1-4-8(2)11-9(3)5-6-10(7-13)12(11)14/h5-8,14H,4H2,1-3H3. The van der Waals surface area contributed by atoms with Crippen LogP contribution in [-0.4, -0.2) is 11.4 Å². The maximum absolute atomic E-state index is 10.6. The van der Waals surface area contributed by atoms with Crippen LogP contribution in [0, 0.1) is 6.92 Å². The van der Waals surface area contributed by atoms with Gasteiger partial charge in [0.2, 0.25) is 0 Å². The molecule has 0 aliphatic rings. The molecular formula is C12H16O2. The Morgan fingerprint density at radius 1 is 1.50 bits per heavy atom. The molecule has 2 nitrogen and oxygen atoms in total. The fraction of sp³-hybridized carbons (Fsp3) is 0.417. The molecule has 1 aromatic rings. The Morgan fingerprint density at radius 2 is 2.14 bits per heavy atom. The maximum atomic E-state index is 10.6. The molecular weight excluding hydrogens is 176 g/mol. The minimum absolute atomic E-state index is 0.148. The fourth-order valence-corrected chi connectivity index (χ4v) is 1.65. The van der Waals surface area contributed by atoms with Crippen LogP contribution in [0.15, 0.2) is 12.1 Å². The topological polar surface area (TPSA) is 37.3 Å². The van der Waals surface area contributed by atoms with Crippen LogP contribution >= 0.6 is 0 Å². The molecule has 1 unspecified atom stereocenters. The molecule has 0 amide bonds. The zero-order valence-electron chi connectivity index (χ0n) is 8.87. The minimum atomic E-state index is 0.148. The highest BCUT2D eigenvalue weighted by Crippen LogP contribution is 2.32. The number of carbonyl (C=O) groups is 1. The van der Waals surface area contributed by atoms with E-state index in [1.807, 2.05) is 13.0 Å². The molecule has 0 bridgehead atoms. The van der Waals surface area contributed by atoms with E-state index in [1.165, 1.54) is 0 Å². The largest absolute Gasteiger partial charge is 0.507 e. The number of hydrogen-bond acceptors (Lipinski definition) is 2. The van der Waals surface area contributed by atoms with Crippen molar-refractivity contribution in [2.24, 2.45) is 0 Å². The number of carbonyl (C=O) groups excluding carboxylic acids is 1. The van der Waals surface area contributed by atoms with Crippen LogP contribution in [0.2, 0.25) is 0 Å². The molecule has 1 aromatic carbocycles. The zero-order valence-corrected chi connectivity index (χ0v) is 8.87. The highest BCUT2D eigenvalue weighted by Gasteiger charge is 2.14. The quantitative estimate of drug-likeness (QED) is 0.747. The van der Waals surface area contributed by atoms with Crippen molar-refractivity contribution in [3.05, 3.63) is 28.8 Å². The SMILES string of the molecule is CCC(C)c1c(C)ccc(C=O)c1O. The van der Waals surface area contributed by atoms with Gasteiger partial charge in [-0.3, -0.25) is 4.79 Å². The normalized spacial score (nSPS) is 12.5. The minimum Gasteiger partial charge on any atom is -0.507 e. The summed E-state index contributed by atoms with van der Waals surface area (Å²) in [6.07, 6.45) is 1.65. The molecule has 0 saturated heterocycles. The Labute approximate surface area is 84.6 Å². The Bertz CT molecular complexity index is 342. The number of aryl methyl sites for hydroxylation is 1. The molecule has 1 rings (SSSR count). The molecule has 0 aliphatic carbocycles. The molecule has 0 spiro atoms. The molecule has 76 valence electrons. The second-order valence-electron chi connectivity index (χ2n) is 3.66. The first kappa shape index (κ1) is 10.8. The molecule has 0 fully saturated rings. The van der Waals surface area contributed by atoms with Gasteiger partial charge in [-0.05, 0) is 30.9 Å². The summed E-state index contributed by atoms with van der Waals surface area (Å²) in [5, 5.41) is 9.84. The Kier molecular flexibility index (Phi) is 3.28. The van der Waals surface area contributed by atoms with E-state index in [1.54, 1.807) is 6.07 Å². The average Bonchev–Trinajstić information content (AvgIpc) is 2.18. The summed E-state index contributed by atoms with van der Waals surface area (Å²) < 4.78 is 0. The van der Waals surface area contributed by atoms with Crippen LogP contribution in [0.25, 0.3) is 0 Å². The van der Waals surface area contributed by atoms with E-state index in [9.17, 15) is 9.90 Å². The van der Waals surface area contributed by atoms with Crippen LogP contribution in [-0.2, 0) is 0 Å². The van der Waals surface area contributed by atoms with E-state index < -0.39 is 0 Å². The van der Waals surface area contributed by atoms with Gasteiger partial charge >= 0.3 is 0 Å². The molecule has 0 radical (unpaired) electrons. The predicted molar refractivity (Wildman–Crippen MR) is 56.9 cm³/mol. The summed E-state index contributed by atoms with van der Waals surface area (Å²) in [4.78, 5) is 10.6. The number of aromatic hydroxyl groups is 1. The molecule has 0 aliphatic heterocycles. The summed E-state index contributed by atoms with van der Waals surface area (Å²) in [6.45, 7) is 6.07. The third kappa shape index (κ3) is 1.79. The first-order valence-corrected chi connectivity index (χ1v) is 4.89. The van der Waals surface area contributed by atoms with Gasteiger partial charge in [0.15, 0.2) is 6.29 Å². The maximum Gasteiger partial charge on any atom is 0.153 e. The average molecular weight is 192 g/mol. The van der Waals surface area contributed by atoms with Crippen molar-refractivity contribution in [2.45, 2.75) is 33.1 Å². The van der Waals surface area contributed by atoms with Gasteiger partial charge in [0.25, 0.3) is 0 Å². The van der Waals surface area contributed by atoms with Crippen molar-refractivity contribution in [3.8, 4) is 5.75 Å². The van der Waals surface area contributed by atoms with Crippen molar-refractivity contribution in [2.75, 3.05) is 0 Å². The summed E-state index contributed by atoms with van der Waals surface area (Å²) in [7, 11) is 0. The summed E-state index contributed by atoms with van der Waals surface area (Å²) in [5.41, 5.74) is 2.32. The van der Waals surface area contributed by atoms with Gasteiger partial charge in [0, 0.05) is 5.56 Å². The first-order chi connectivity index (χ1) is 6.61. The van der Waals surface area contributed by atoms with Crippen molar-refractivity contribution >= 4 is 6.29 Å². The number of phenolic OH excluding ortho intramolecular Hbond substituents is 1. The molecule has 1 N–H and O–H groups in total. The van der Waals surface area contributed by atoms with E-state index >= 15 is 0 Å². The first-order valence-electron chi connectivity index (χ1n) is 4.89. The highest BCUT2D eigenvalue weighted by molar-refractivity contribution is 5.80. The Hall–Kier alpha value is -1.31. The Morgan fingerprint density at radius 3 is 2.64 bits per heavy atom. The summed E-state index contributed by atoms with van der Waals surface area (Å²) in [5.74, 6) is 0.434. The molecule has 0 aromatic heterocycles. The van der Waals surface area contributed by atoms with Crippen LogP contribution < -0.4 is 0 Å². The number of aldehydes is 1. The van der Waals surface area contributed by atoms with Gasteiger partial charge in [-0.15, -0.1) is 0 Å². The number of rotatable bonds is 3. The monoisotopic (exact) mass is 192 g/mol. The van der Waals surface area contributed by atoms with Crippen molar-refractivity contribution in [1.82, 2.24) is 0 Å². The molecule has 1 atom stereocenters. The lowest BCUT2D eigenvalue weighted by Crippen LogP contribution is -1.98. The molecule has 2 heteroatoms. The van der Waals surface area contributed by atoms with Gasteiger partial charge < -0.3 is 5.11 Å². The number of phenols is 1. The summed E-state index contributed by atoms with van der Waals surface area (Å²) >= 11 is 0. The van der Waals surface area contributed by atoms with Crippen LogP contribution in [0.3, 0.4) is 0 Å². The molecule has 0 saturated carbocycles. The van der Waals surface area contributed by atoms with Gasteiger partial charge in [0.1, 0.15) is 5.75 Å². The third-order valence-electron chi connectivity index (χ3n) is 2.70. The summed E-state index contributed by atoms with van der Waals surface area (Å²) in [6, 6.07) is 3.54. The van der Waals surface area contributed by atoms with Crippen LogP contribution in [0.4, 0.5) is 0 Å². The lowest BCUT2D eigenvalue weighted by atomic mass is 9.91. The van der Waals surface area contributed by atoms with Gasteiger partial charge in [-0.1, -0.05) is 19.9 Å². The van der Waals surface area contributed by atoms with Crippen molar-refractivity contribution < 1.29 is 9.90 Å². The molecule has 0 heterocycles. The second kappa shape index (κ2) is 4.27. The zero-order chi connectivity index (χ0) is 10.7. The fourth-order valence-electron chi connectivity index (χ4n) is 1.65.